The first-order valence-corrected chi connectivity index (χ1v) is 14.8. The van der Waals surface area contributed by atoms with Crippen molar-refractivity contribution in [2.24, 2.45) is 0 Å². The average Bonchev–Trinajstić information content (AvgIpc) is 3.18. The maximum Gasteiger partial charge on any atom is 0.407 e. The lowest BCUT2D eigenvalue weighted by Crippen LogP contribution is -2.53. The third kappa shape index (κ3) is 9.67. The molecule has 4 rings (SSSR count). The van der Waals surface area contributed by atoms with Crippen LogP contribution in [0.25, 0.3) is 0 Å². The fraction of sp³-hybridized carbons (Fsp3) is 0.353. The number of esters is 2. The summed E-state index contributed by atoms with van der Waals surface area (Å²) in [6.45, 7) is 0.408. The Morgan fingerprint density at radius 2 is 1.50 bits per heavy atom. The third-order valence-corrected chi connectivity index (χ3v) is 7.37. The van der Waals surface area contributed by atoms with Gasteiger partial charge in [-0.2, -0.15) is 0 Å². The molecule has 0 aliphatic carbocycles. The number of ether oxygens (including phenoxy) is 3. The Labute approximate surface area is 257 Å². The molecule has 1 heterocycles. The van der Waals surface area contributed by atoms with Gasteiger partial charge in [0.1, 0.15) is 25.8 Å². The highest BCUT2D eigenvalue weighted by Crippen LogP contribution is 2.27. The lowest BCUT2D eigenvalue weighted by Gasteiger charge is -2.27. The number of hydrogen-bond acceptors (Lipinski definition) is 8. The monoisotopic (exact) mass is 601 g/mol. The second-order valence-corrected chi connectivity index (χ2v) is 10.5. The number of fused-ring (bicyclic) bond motifs is 1. The molecule has 10 heteroatoms. The van der Waals surface area contributed by atoms with E-state index in [4.69, 9.17) is 14.2 Å². The van der Waals surface area contributed by atoms with Crippen LogP contribution in [0.2, 0.25) is 0 Å². The summed E-state index contributed by atoms with van der Waals surface area (Å²) < 4.78 is 15.7. The van der Waals surface area contributed by atoms with Crippen molar-refractivity contribution in [1.82, 2.24) is 10.6 Å². The second-order valence-electron chi connectivity index (χ2n) is 10.5. The number of unbranched alkanes of at least 4 members (excludes halogenated alkanes) is 1. The first-order chi connectivity index (χ1) is 21.4. The average molecular weight is 602 g/mol. The summed E-state index contributed by atoms with van der Waals surface area (Å²) in [4.78, 5) is 52.8. The summed E-state index contributed by atoms with van der Waals surface area (Å²) in [6, 6.07) is 24.7. The van der Waals surface area contributed by atoms with E-state index in [-0.39, 0.29) is 25.7 Å². The number of para-hydroxylation sites is 1. The first kappa shape index (κ1) is 32.2. The molecule has 10 nitrogen and oxygen atoms in total. The normalized spacial score (nSPS) is 15.0. The van der Waals surface area contributed by atoms with Gasteiger partial charge in [0.2, 0.25) is 5.91 Å². The molecule has 1 aliphatic rings. The highest BCUT2D eigenvalue weighted by molar-refractivity contribution is 6.02. The van der Waals surface area contributed by atoms with E-state index in [0.717, 1.165) is 16.7 Å². The Hall–Kier alpha value is -4.70. The third-order valence-electron chi connectivity index (χ3n) is 7.37. The van der Waals surface area contributed by atoms with E-state index < -0.39 is 30.1 Å². The molecule has 0 saturated carbocycles. The van der Waals surface area contributed by atoms with Crippen molar-refractivity contribution in [2.45, 2.75) is 57.4 Å². The van der Waals surface area contributed by atoms with Gasteiger partial charge in [-0.15, -0.1) is 0 Å². The molecule has 0 fully saturated rings. The van der Waals surface area contributed by atoms with Gasteiger partial charge >= 0.3 is 18.0 Å². The highest BCUT2D eigenvalue weighted by atomic mass is 16.5. The fourth-order valence-electron chi connectivity index (χ4n) is 5.04. The van der Waals surface area contributed by atoms with Gasteiger partial charge in [-0.3, -0.25) is 24.6 Å². The van der Waals surface area contributed by atoms with Gasteiger partial charge in [0.25, 0.3) is 0 Å². The largest absolute Gasteiger partial charge is 0.468 e. The van der Waals surface area contributed by atoms with Crippen molar-refractivity contribution in [3.05, 3.63) is 102 Å². The molecular weight excluding hydrogens is 562 g/mol. The summed E-state index contributed by atoms with van der Waals surface area (Å²) in [7, 11) is 1.31. The summed E-state index contributed by atoms with van der Waals surface area (Å²) in [5.74, 6) is -1.33. The smallest absolute Gasteiger partial charge is 0.407 e. The fourth-order valence-corrected chi connectivity index (χ4v) is 5.04. The number of carbonyl (C=O) groups excluding carboxylic acids is 4. The standard InChI is InChI=1S/C34H39N3O7/c1-42-33(40)29(17-10-11-21-35-34(41)44-24-26-14-6-3-7-15-26)36-28-20-19-27-16-8-9-18-30(27)37(32(28)39)22-31(38)43-23-25-12-4-2-5-13-25/h2-9,12-16,18,28-29,36H,10-11,17,19-24H2,1H3,(H,35,41)/t28-,29-/m0/s1. The van der Waals surface area contributed by atoms with E-state index in [1.807, 2.05) is 84.9 Å². The summed E-state index contributed by atoms with van der Waals surface area (Å²) >= 11 is 0. The number of rotatable bonds is 14. The van der Waals surface area contributed by atoms with Crippen LogP contribution < -0.4 is 15.5 Å². The Morgan fingerprint density at radius 1 is 0.864 bits per heavy atom. The molecule has 0 spiro atoms. The Bertz CT molecular complexity index is 1380. The van der Waals surface area contributed by atoms with Crippen LogP contribution in [-0.2, 0) is 48.2 Å². The lowest BCUT2D eigenvalue weighted by molar-refractivity contribution is -0.145. The maximum absolute atomic E-state index is 13.8. The zero-order valence-corrected chi connectivity index (χ0v) is 24.9. The second kappa shape index (κ2) is 16.8. The molecule has 0 radical (unpaired) electrons. The van der Waals surface area contributed by atoms with Gasteiger partial charge in [0, 0.05) is 12.2 Å². The van der Waals surface area contributed by atoms with E-state index >= 15 is 0 Å². The molecule has 232 valence electrons. The zero-order valence-electron chi connectivity index (χ0n) is 24.9. The number of amides is 2. The summed E-state index contributed by atoms with van der Waals surface area (Å²) in [5.41, 5.74) is 3.33. The molecule has 1 aliphatic heterocycles. The highest BCUT2D eigenvalue weighted by Gasteiger charge is 2.34. The van der Waals surface area contributed by atoms with Crippen LogP contribution in [0.3, 0.4) is 0 Å². The minimum absolute atomic E-state index is 0.106. The number of nitrogens with one attached hydrogen (secondary N) is 2. The van der Waals surface area contributed by atoms with Crippen molar-refractivity contribution < 1.29 is 33.4 Å². The quantitative estimate of drug-likeness (QED) is 0.159. The molecule has 44 heavy (non-hydrogen) atoms. The van der Waals surface area contributed by atoms with Crippen LogP contribution in [-0.4, -0.2) is 56.2 Å². The Balaban J connectivity index is 1.31. The molecule has 3 aromatic carbocycles. The van der Waals surface area contributed by atoms with Crippen LogP contribution in [0.1, 0.15) is 42.4 Å². The van der Waals surface area contributed by atoms with E-state index in [0.29, 0.717) is 44.3 Å². The van der Waals surface area contributed by atoms with E-state index in [1.165, 1.54) is 12.0 Å². The van der Waals surface area contributed by atoms with E-state index in [9.17, 15) is 19.2 Å². The number of hydrogen-bond donors (Lipinski definition) is 2. The Morgan fingerprint density at radius 3 is 2.18 bits per heavy atom. The predicted molar refractivity (Wildman–Crippen MR) is 165 cm³/mol. The maximum atomic E-state index is 13.8. The van der Waals surface area contributed by atoms with Crippen LogP contribution in [0.4, 0.5) is 10.5 Å². The van der Waals surface area contributed by atoms with Crippen molar-refractivity contribution in [1.29, 1.82) is 0 Å². The van der Waals surface area contributed by atoms with Crippen molar-refractivity contribution in [2.75, 3.05) is 25.1 Å². The number of methoxy groups -OCH3 is 1. The minimum Gasteiger partial charge on any atom is -0.468 e. The van der Waals surface area contributed by atoms with Crippen LogP contribution in [0.5, 0.6) is 0 Å². The number of benzene rings is 3. The number of anilines is 1. The Kier molecular flexibility index (Phi) is 12.3. The number of nitrogens with zero attached hydrogens (tertiary/aromatic N) is 1. The molecule has 2 N–H and O–H groups in total. The predicted octanol–water partition coefficient (Wildman–Crippen LogP) is 4.31. The molecule has 0 saturated heterocycles. The number of alkyl carbamates (subject to hydrolysis) is 1. The molecular formula is C34H39N3O7. The van der Waals surface area contributed by atoms with Crippen LogP contribution in [0.15, 0.2) is 84.9 Å². The van der Waals surface area contributed by atoms with Crippen molar-refractivity contribution in [3.63, 3.8) is 0 Å². The molecule has 3 aromatic rings. The molecule has 2 atom stereocenters. The van der Waals surface area contributed by atoms with Gasteiger partial charge in [-0.25, -0.2) is 4.79 Å². The van der Waals surface area contributed by atoms with Crippen molar-refractivity contribution in [3.8, 4) is 0 Å². The van der Waals surface area contributed by atoms with Crippen LogP contribution >= 0.6 is 0 Å². The lowest BCUT2D eigenvalue weighted by atomic mass is 10.0. The number of aryl methyl sites for hydroxylation is 1. The summed E-state index contributed by atoms with van der Waals surface area (Å²) in [5, 5.41) is 5.92. The van der Waals surface area contributed by atoms with Gasteiger partial charge in [0.05, 0.1) is 13.2 Å². The molecule has 2 amide bonds. The first-order valence-electron chi connectivity index (χ1n) is 14.8. The summed E-state index contributed by atoms with van der Waals surface area (Å²) in [6.07, 6.45) is 2.08. The molecule has 0 unspecified atom stereocenters. The van der Waals surface area contributed by atoms with E-state index in [2.05, 4.69) is 10.6 Å². The van der Waals surface area contributed by atoms with Crippen LogP contribution in [0, 0.1) is 0 Å². The van der Waals surface area contributed by atoms with E-state index in [1.54, 1.807) is 0 Å². The van der Waals surface area contributed by atoms with Crippen molar-refractivity contribution >= 4 is 29.6 Å². The minimum atomic E-state index is -0.743. The molecule has 0 bridgehead atoms. The SMILES string of the molecule is COC(=O)[C@H](CCCCNC(=O)OCc1ccccc1)N[C@H]1CCc2ccccc2N(CC(=O)OCc2ccccc2)C1=O. The van der Waals surface area contributed by atoms with Gasteiger partial charge in [-0.1, -0.05) is 78.9 Å². The molecule has 0 aromatic heterocycles. The zero-order chi connectivity index (χ0) is 31.1. The van der Waals surface area contributed by atoms with Gasteiger partial charge in [0.15, 0.2) is 0 Å². The number of carbonyl (C=O) groups is 4. The van der Waals surface area contributed by atoms with Gasteiger partial charge in [-0.05, 0) is 54.9 Å². The topological polar surface area (TPSA) is 123 Å². The van der Waals surface area contributed by atoms with Gasteiger partial charge < -0.3 is 19.5 Å².